The molecule has 0 aliphatic rings. The summed E-state index contributed by atoms with van der Waals surface area (Å²) in [6.45, 7) is 4.53. The second kappa shape index (κ2) is 8.71. The first-order chi connectivity index (χ1) is 14.4. The van der Waals surface area contributed by atoms with Gasteiger partial charge in [0.05, 0.1) is 5.75 Å². The number of benzene rings is 2. The average Bonchev–Trinajstić information content (AvgIpc) is 3.31. The van der Waals surface area contributed by atoms with Gasteiger partial charge in [0, 0.05) is 27.7 Å². The van der Waals surface area contributed by atoms with E-state index in [1.165, 1.54) is 11.8 Å². The number of aryl methyl sites for hydroxylation is 1. The Morgan fingerprint density at radius 1 is 1.13 bits per heavy atom. The molecule has 9 heteroatoms. The molecule has 2 aromatic heterocycles. The van der Waals surface area contributed by atoms with Crippen LogP contribution in [0.15, 0.2) is 52.0 Å². The van der Waals surface area contributed by atoms with Crippen molar-refractivity contribution in [3.05, 3.63) is 58.1 Å². The first-order valence-electron chi connectivity index (χ1n) is 9.26. The number of rotatable bonds is 6. The number of aromatic nitrogens is 3. The first kappa shape index (κ1) is 20.8. The van der Waals surface area contributed by atoms with Gasteiger partial charge in [-0.2, -0.15) is 0 Å². The third-order valence-electron chi connectivity index (χ3n) is 4.53. The van der Waals surface area contributed by atoms with E-state index in [-0.39, 0.29) is 11.7 Å². The smallest absolute Gasteiger partial charge is 0.234 e. The van der Waals surface area contributed by atoms with Crippen molar-refractivity contribution in [3.63, 3.8) is 0 Å². The summed E-state index contributed by atoms with van der Waals surface area (Å²) in [4.78, 5) is 12.4. The van der Waals surface area contributed by atoms with Crippen LogP contribution in [0.2, 0.25) is 10.0 Å². The molecule has 154 valence electrons. The van der Waals surface area contributed by atoms with Crippen LogP contribution in [0.1, 0.15) is 12.5 Å². The first-order valence-corrected chi connectivity index (χ1v) is 11.0. The summed E-state index contributed by atoms with van der Waals surface area (Å²) in [5.41, 5.74) is 2.38. The van der Waals surface area contributed by atoms with Gasteiger partial charge in [-0.05, 0) is 61.9 Å². The molecule has 0 bridgehead atoms. The molecular weight excluding hydrogens is 443 g/mol. The molecule has 0 spiro atoms. The number of amides is 1. The molecule has 0 saturated carbocycles. The number of furan rings is 1. The van der Waals surface area contributed by atoms with Crippen molar-refractivity contribution in [2.45, 2.75) is 25.5 Å². The van der Waals surface area contributed by atoms with Crippen LogP contribution in [0.25, 0.3) is 22.6 Å². The van der Waals surface area contributed by atoms with Crippen LogP contribution in [-0.2, 0) is 11.3 Å². The predicted octanol–water partition coefficient (Wildman–Crippen LogP) is 6.06. The van der Waals surface area contributed by atoms with Gasteiger partial charge in [-0.1, -0.05) is 35.0 Å². The molecule has 2 heterocycles. The molecule has 2 aromatic carbocycles. The van der Waals surface area contributed by atoms with Gasteiger partial charge in [-0.3, -0.25) is 9.36 Å². The maximum atomic E-state index is 12.4. The minimum absolute atomic E-state index is 0.129. The minimum atomic E-state index is -0.129. The van der Waals surface area contributed by atoms with Crippen molar-refractivity contribution in [3.8, 4) is 11.6 Å². The molecule has 30 heavy (non-hydrogen) atoms. The van der Waals surface area contributed by atoms with Crippen molar-refractivity contribution >= 4 is 57.5 Å². The lowest BCUT2D eigenvalue weighted by Gasteiger charge is -2.09. The lowest BCUT2D eigenvalue weighted by atomic mass is 10.2. The molecule has 4 rings (SSSR count). The summed E-state index contributed by atoms with van der Waals surface area (Å²) in [6.07, 6.45) is 0. The van der Waals surface area contributed by atoms with Gasteiger partial charge in [0.2, 0.25) is 11.7 Å². The Labute approximate surface area is 187 Å². The number of nitrogens with zero attached hydrogens (tertiary/aromatic N) is 3. The number of halogens is 2. The Balaban J connectivity index is 1.49. The second-order valence-corrected chi connectivity index (χ2v) is 8.45. The van der Waals surface area contributed by atoms with E-state index < -0.39 is 0 Å². The highest BCUT2D eigenvalue weighted by Gasteiger charge is 2.18. The predicted molar refractivity (Wildman–Crippen MR) is 121 cm³/mol. The van der Waals surface area contributed by atoms with Crippen LogP contribution >= 0.6 is 35.0 Å². The fourth-order valence-electron chi connectivity index (χ4n) is 3.07. The molecule has 0 fully saturated rings. The molecule has 1 N–H and O–H groups in total. The zero-order valence-electron chi connectivity index (χ0n) is 16.3. The Kier molecular flexibility index (Phi) is 6.04. The molecule has 0 saturated heterocycles. The molecule has 0 atom stereocenters. The number of thioether (sulfide) groups is 1. The van der Waals surface area contributed by atoms with Gasteiger partial charge in [-0.15, -0.1) is 10.2 Å². The van der Waals surface area contributed by atoms with Gasteiger partial charge in [-0.25, -0.2) is 0 Å². The summed E-state index contributed by atoms with van der Waals surface area (Å²) in [7, 11) is 0. The quantitative estimate of drug-likeness (QED) is 0.354. The van der Waals surface area contributed by atoms with E-state index in [9.17, 15) is 4.79 Å². The summed E-state index contributed by atoms with van der Waals surface area (Å²) in [5.74, 6) is 1.29. The van der Waals surface area contributed by atoms with Crippen molar-refractivity contribution in [1.82, 2.24) is 14.8 Å². The topological polar surface area (TPSA) is 73.0 Å². The maximum absolute atomic E-state index is 12.4. The van der Waals surface area contributed by atoms with Crippen LogP contribution in [0.3, 0.4) is 0 Å². The molecule has 0 radical (unpaired) electrons. The number of hydrogen-bond acceptors (Lipinski definition) is 5. The number of nitrogens with one attached hydrogen (secondary N) is 1. The lowest BCUT2D eigenvalue weighted by Crippen LogP contribution is -2.15. The minimum Gasteiger partial charge on any atom is -0.453 e. The zero-order valence-corrected chi connectivity index (χ0v) is 18.6. The average molecular weight is 461 g/mol. The Morgan fingerprint density at radius 2 is 1.90 bits per heavy atom. The van der Waals surface area contributed by atoms with Crippen LogP contribution in [0.4, 0.5) is 5.69 Å². The van der Waals surface area contributed by atoms with E-state index in [2.05, 4.69) is 15.5 Å². The monoisotopic (exact) mass is 460 g/mol. The van der Waals surface area contributed by atoms with Gasteiger partial charge < -0.3 is 9.73 Å². The molecule has 0 aliphatic heterocycles. The lowest BCUT2D eigenvalue weighted by molar-refractivity contribution is -0.113. The van der Waals surface area contributed by atoms with Crippen molar-refractivity contribution in [2.24, 2.45) is 0 Å². The number of anilines is 1. The molecule has 1 amide bonds. The summed E-state index contributed by atoms with van der Waals surface area (Å²) < 4.78 is 7.83. The van der Waals surface area contributed by atoms with E-state index in [0.717, 1.165) is 22.2 Å². The van der Waals surface area contributed by atoms with E-state index in [0.29, 0.717) is 33.3 Å². The normalized spacial score (nSPS) is 11.2. The van der Waals surface area contributed by atoms with Gasteiger partial charge in [0.15, 0.2) is 10.9 Å². The fourth-order valence-corrected chi connectivity index (χ4v) is 4.28. The summed E-state index contributed by atoms with van der Waals surface area (Å²) in [6, 6.07) is 12.7. The van der Waals surface area contributed by atoms with E-state index in [1.54, 1.807) is 18.2 Å². The Bertz CT molecular complexity index is 1240. The standard InChI is InChI=1S/C21H18Cl2N4O2S/c1-3-27-20(18-10-13-9-15(23)5-7-17(13)29-18)25-26-21(27)30-11-19(28)24-16-6-4-14(22)8-12(16)2/h4-10H,3,11H2,1-2H3,(H,24,28). The van der Waals surface area contributed by atoms with Crippen LogP contribution < -0.4 is 5.32 Å². The van der Waals surface area contributed by atoms with Gasteiger partial charge in [0.1, 0.15) is 5.58 Å². The van der Waals surface area contributed by atoms with Crippen molar-refractivity contribution in [1.29, 1.82) is 0 Å². The molecule has 4 aromatic rings. The third-order valence-corrected chi connectivity index (χ3v) is 5.96. The number of carbonyl (C=O) groups excluding carboxylic acids is 1. The number of fused-ring (bicyclic) bond motifs is 1. The van der Waals surface area contributed by atoms with Crippen molar-refractivity contribution in [2.75, 3.05) is 11.1 Å². The van der Waals surface area contributed by atoms with Gasteiger partial charge in [0.25, 0.3) is 0 Å². The van der Waals surface area contributed by atoms with E-state index >= 15 is 0 Å². The molecular formula is C21H18Cl2N4O2S. The zero-order chi connectivity index (χ0) is 21.3. The number of hydrogen-bond donors (Lipinski definition) is 1. The largest absolute Gasteiger partial charge is 0.453 e. The molecule has 0 aliphatic carbocycles. The van der Waals surface area contributed by atoms with E-state index in [4.69, 9.17) is 27.6 Å². The fraction of sp³-hybridized carbons (Fsp3) is 0.190. The van der Waals surface area contributed by atoms with Gasteiger partial charge >= 0.3 is 0 Å². The van der Waals surface area contributed by atoms with Crippen molar-refractivity contribution < 1.29 is 9.21 Å². The second-order valence-electron chi connectivity index (χ2n) is 6.64. The molecule has 0 unspecified atom stereocenters. The van der Waals surface area contributed by atoms with Crippen LogP contribution in [0, 0.1) is 6.92 Å². The highest BCUT2D eigenvalue weighted by molar-refractivity contribution is 7.99. The third kappa shape index (κ3) is 4.33. The maximum Gasteiger partial charge on any atom is 0.234 e. The summed E-state index contributed by atoms with van der Waals surface area (Å²) >= 11 is 13.3. The summed E-state index contributed by atoms with van der Waals surface area (Å²) in [5, 5.41) is 14.3. The number of carbonyl (C=O) groups is 1. The van der Waals surface area contributed by atoms with E-state index in [1.807, 2.05) is 42.7 Å². The van der Waals surface area contributed by atoms with Crippen LogP contribution in [-0.4, -0.2) is 26.4 Å². The molecule has 6 nitrogen and oxygen atoms in total. The highest BCUT2D eigenvalue weighted by atomic mass is 35.5. The highest BCUT2D eigenvalue weighted by Crippen LogP contribution is 2.30. The Hall–Kier alpha value is -2.48. The Morgan fingerprint density at radius 3 is 2.67 bits per heavy atom. The van der Waals surface area contributed by atoms with Crippen LogP contribution in [0.5, 0.6) is 0 Å². The SMILES string of the molecule is CCn1c(SCC(=O)Nc2ccc(Cl)cc2C)nnc1-c1cc2cc(Cl)ccc2o1.